The van der Waals surface area contributed by atoms with Crippen molar-refractivity contribution in [1.82, 2.24) is 14.3 Å². The summed E-state index contributed by atoms with van der Waals surface area (Å²) in [7, 11) is -3.43. The quantitative estimate of drug-likeness (QED) is 0.480. The number of carbonyl (C=O) groups excluding carboxylic acids is 1. The monoisotopic (exact) mass is 319 g/mol. The van der Waals surface area contributed by atoms with E-state index in [0.717, 1.165) is 0 Å². The largest absolute Gasteiger partial charge is 0.466 e. The van der Waals surface area contributed by atoms with Crippen LogP contribution in [0.2, 0.25) is 0 Å². The topological polar surface area (TPSA) is 87.7 Å². The van der Waals surface area contributed by atoms with Gasteiger partial charge in [0.05, 0.1) is 12.5 Å². The lowest BCUT2D eigenvalue weighted by Crippen LogP contribution is -2.47. The molecule has 0 spiro atoms. The molecular weight excluding hydrogens is 294 g/mol. The first-order valence-corrected chi connectivity index (χ1v) is 9.11. The summed E-state index contributed by atoms with van der Waals surface area (Å²) in [5.41, 5.74) is 0. The predicted octanol–water partition coefficient (Wildman–Crippen LogP) is -0.152. The Labute approximate surface area is 126 Å². The van der Waals surface area contributed by atoms with Crippen molar-refractivity contribution in [2.45, 2.75) is 38.6 Å². The zero-order valence-electron chi connectivity index (χ0n) is 12.5. The maximum atomic E-state index is 12.1. The molecule has 0 atom stereocenters. The van der Waals surface area contributed by atoms with Crippen LogP contribution < -0.4 is 10.0 Å². The lowest BCUT2D eigenvalue weighted by molar-refractivity contribution is -0.149. The van der Waals surface area contributed by atoms with E-state index in [-0.39, 0.29) is 11.9 Å². The van der Waals surface area contributed by atoms with Crippen molar-refractivity contribution in [3.8, 4) is 0 Å². The Bertz CT molecular complexity index is 442. The van der Waals surface area contributed by atoms with Gasteiger partial charge in [-0.15, -0.1) is 0 Å². The highest BCUT2D eigenvalue weighted by molar-refractivity contribution is 7.87. The van der Waals surface area contributed by atoms with Gasteiger partial charge in [0, 0.05) is 32.2 Å². The maximum absolute atomic E-state index is 12.1. The van der Waals surface area contributed by atoms with Gasteiger partial charge in [-0.3, -0.25) is 4.79 Å². The summed E-state index contributed by atoms with van der Waals surface area (Å²) in [6.07, 6.45) is 3.43. The SMILES string of the molecule is CCOC(=O)C1CCN(S(=O)(=O)NCCNC2CC2)CC1. The number of nitrogens with one attached hydrogen (secondary N) is 2. The highest BCUT2D eigenvalue weighted by Crippen LogP contribution is 2.20. The molecule has 122 valence electrons. The number of piperidine rings is 1. The Balaban J connectivity index is 1.70. The average Bonchev–Trinajstić information content (AvgIpc) is 3.28. The van der Waals surface area contributed by atoms with Crippen molar-refractivity contribution in [2.75, 3.05) is 32.8 Å². The number of nitrogens with zero attached hydrogens (tertiary/aromatic N) is 1. The number of carbonyl (C=O) groups is 1. The fourth-order valence-electron chi connectivity index (χ4n) is 2.43. The number of esters is 1. The molecule has 0 unspecified atom stereocenters. The van der Waals surface area contributed by atoms with Crippen molar-refractivity contribution in [3.05, 3.63) is 0 Å². The molecule has 1 aliphatic carbocycles. The normalized spacial score (nSPS) is 21.4. The van der Waals surface area contributed by atoms with Gasteiger partial charge in [0.1, 0.15) is 0 Å². The van der Waals surface area contributed by atoms with Crippen LogP contribution in [0, 0.1) is 5.92 Å². The van der Waals surface area contributed by atoms with E-state index in [1.54, 1.807) is 6.92 Å². The van der Waals surface area contributed by atoms with E-state index in [1.165, 1.54) is 17.1 Å². The van der Waals surface area contributed by atoms with E-state index >= 15 is 0 Å². The Hall–Kier alpha value is -0.700. The Kier molecular flexibility index (Phi) is 5.98. The van der Waals surface area contributed by atoms with Crippen LogP contribution in [-0.4, -0.2) is 57.5 Å². The van der Waals surface area contributed by atoms with Crippen LogP contribution in [0.25, 0.3) is 0 Å². The van der Waals surface area contributed by atoms with E-state index < -0.39 is 10.2 Å². The highest BCUT2D eigenvalue weighted by Gasteiger charge is 2.31. The summed E-state index contributed by atoms with van der Waals surface area (Å²) >= 11 is 0. The molecule has 8 heteroatoms. The second-order valence-corrected chi connectivity index (χ2v) is 7.31. The minimum Gasteiger partial charge on any atom is -0.466 e. The number of ether oxygens (including phenoxy) is 1. The van der Waals surface area contributed by atoms with Crippen molar-refractivity contribution < 1.29 is 17.9 Å². The van der Waals surface area contributed by atoms with Crippen molar-refractivity contribution in [3.63, 3.8) is 0 Å². The molecule has 2 N–H and O–H groups in total. The Morgan fingerprint density at radius 2 is 1.86 bits per heavy atom. The van der Waals surface area contributed by atoms with Gasteiger partial charge in [0.25, 0.3) is 10.2 Å². The van der Waals surface area contributed by atoms with Crippen LogP contribution in [0.3, 0.4) is 0 Å². The molecule has 0 aromatic carbocycles. The molecule has 0 amide bonds. The summed E-state index contributed by atoms with van der Waals surface area (Å²) in [5.74, 6) is -0.385. The third-order valence-electron chi connectivity index (χ3n) is 3.83. The average molecular weight is 319 g/mol. The number of hydrogen-bond donors (Lipinski definition) is 2. The van der Waals surface area contributed by atoms with Crippen LogP contribution in [-0.2, 0) is 19.7 Å². The van der Waals surface area contributed by atoms with Crippen molar-refractivity contribution >= 4 is 16.2 Å². The lowest BCUT2D eigenvalue weighted by Gasteiger charge is -2.30. The summed E-state index contributed by atoms with van der Waals surface area (Å²) in [6, 6.07) is 0.579. The molecule has 0 aromatic rings. The van der Waals surface area contributed by atoms with Crippen LogP contribution in [0.5, 0.6) is 0 Å². The Morgan fingerprint density at radius 1 is 1.19 bits per heavy atom. The molecule has 21 heavy (non-hydrogen) atoms. The summed E-state index contributed by atoms with van der Waals surface area (Å²) in [4.78, 5) is 11.6. The smallest absolute Gasteiger partial charge is 0.309 e. The minimum absolute atomic E-state index is 0.173. The summed E-state index contributed by atoms with van der Waals surface area (Å²) < 4.78 is 33.2. The van der Waals surface area contributed by atoms with Crippen LogP contribution in [0.15, 0.2) is 0 Å². The molecule has 1 heterocycles. The third-order valence-corrected chi connectivity index (χ3v) is 5.45. The van der Waals surface area contributed by atoms with Gasteiger partial charge in [0.15, 0.2) is 0 Å². The van der Waals surface area contributed by atoms with Crippen LogP contribution in [0.4, 0.5) is 0 Å². The molecule has 0 bridgehead atoms. The van der Waals surface area contributed by atoms with E-state index in [2.05, 4.69) is 10.0 Å². The van der Waals surface area contributed by atoms with E-state index in [9.17, 15) is 13.2 Å². The highest BCUT2D eigenvalue weighted by atomic mass is 32.2. The molecule has 1 saturated carbocycles. The summed E-state index contributed by atoms with van der Waals surface area (Å²) in [6.45, 7) is 3.94. The van der Waals surface area contributed by atoms with E-state index in [0.29, 0.717) is 51.7 Å². The van der Waals surface area contributed by atoms with Crippen molar-refractivity contribution in [2.24, 2.45) is 5.92 Å². The lowest BCUT2D eigenvalue weighted by atomic mass is 9.98. The number of hydrogen-bond acceptors (Lipinski definition) is 5. The molecule has 2 fully saturated rings. The fourth-order valence-corrected chi connectivity index (χ4v) is 3.66. The van der Waals surface area contributed by atoms with Gasteiger partial charge in [-0.05, 0) is 32.6 Å². The molecule has 0 radical (unpaired) electrons. The van der Waals surface area contributed by atoms with Gasteiger partial charge in [-0.1, -0.05) is 0 Å². The molecular formula is C13H25N3O4S. The standard InChI is InChI=1S/C13H25N3O4S/c1-2-20-13(17)11-5-9-16(10-6-11)21(18,19)15-8-7-14-12-3-4-12/h11-12,14-15H,2-10H2,1H3. The molecule has 1 saturated heterocycles. The zero-order valence-corrected chi connectivity index (χ0v) is 13.3. The van der Waals surface area contributed by atoms with E-state index in [4.69, 9.17) is 4.74 Å². The van der Waals surface area contributed by atoms with Gasteiger partial charge < -0.3 is 10.1 Å². The summed E-state index contributed by atoms with van der Waals surface area (Å²) in [5, 5.41) is 3.26. The van der Waals surface area contributed by atoms with Gasteiger partial charge >= 0.3 is 5.97 Å². The van der Waals surface area contributed by atoms with Gasteiger partial charge in [-0.25, -0.2) is 4.72 Å². The molecule has 7 nitrogen and oxygen atoms in total. The maximum Gasteiger partial charge on any atom is 0.309 e. The minimum atomic E-state index is -3.43. The molecule has 1 aliphatic heterocycles. The second kappa shape index (κ2) is 7.53. The third kappa shape index (κ3) is 5.21. The molecule has 2 aliphatic rings. The van der Waals surface area contributed by atoms with Crippen molar-refractivity contribution in [1.29, 1.82) is 0 Å². The first-order valence-electron chi connectivity index (χ1n) is 7.67. The second-order valence-electron chi connectivity index (χ2n) is 5.55. The number of rotatable bonds is 8. The first-order chi connectivity index (χ1) is 10.0. The van der Waals surface area contributed by atoms with Crippen LogP contribution >= 0.6 is 0 Å². The van der Waals surface area contributed by atoms with Gasteiger partial charge in [-0.2, -0.15) is 12.7 Å². The van der Waals surface area contributed by atoms with E-state index in [1.807, 2.05) is 0 Å². The molecule has 0 aromatic heterocycles. The van der Waals surface area contributed by atoms with Gasteiger partial charge in [0.2, 0.25) is 0 Å². The fraction of sp³-hybridized carbons (Fsp3) is 0.923. The Morgan fingerprint density at radius 3 is 2.43 bits per heavy atom. The zero-order chi connectivity index (χ0) is 15.3. The first kappa shape index (κ1) is 16.7. The predicted molar refractivity (Wildman–Crippen MR) is 78.9 cm³/mol. The van der Waals surface area contributed by atoms with Crippen LogP contribution in [0.1, 0.15) is 32.6 Å². The molecule has 2 rings (SSSR count).